The average molecular weight is 257 g/mol. The van der Waals surface area contributed by atoms with E-state index in [1.165, 1.54) is 0 Å². The van der Waals surface area contributed by atoms with Crippen molar-refractivity contribution >= 4 is 11.4 Å². The van der Waals surface area contributed by atoms with Crippen molar-refractivity contribution < 1.29 is 4.74 Å². The Kier molecular flexibility index (Phi) is 4.23. The number of methoxy groups -OCH3 is 1. The maximum Gasteiger partial charge on any atom is 0.218 e. The van der Waals surface area contributed by atoms with Crippen molar-refractivity contribution in [3.05, 3.63) is 48.2 Å². The topological polar surface area (TPSA) is 37.4 Å². The number of para-hydroxylation sites is 2. The number of pyridine rings is 1. The Balaban J connectivity index is 2.15. The second kappa shape index (κ2) is 6.09. The van der Waals surface area contributed by atoms with Gasteiger partial charge in [-0.25, -0.2) is 4.98 Å². The van der Waals surface area contributed by atoms with Crippen LogP contribution in [-0.4, -0.2) is 26.2 Å². The molecule has 0 atom stereocenters. The van der Waals surface area contributed by atoms with Crippen LogP contribution in [-0.2, 0) is 6.54 Å². The lowest BCUT2D eigenvalue weighted by Crippen LogP contribution is -2.12. The first-order valence-corrected chi connectivity index (χ1v) is 6.20. The fraction of sp³-hybridized carbons (Fsp3) is 0.267. The van der Waals surface area contributed by atoms with Crippen LogP contribution >= 0.6 is 0 Å². The van der Waals surface area contributed by atoms with Crippen molar-refractivity contribution in [2.45, 2.75) is 6.54 Å². The first kappa shape index (κ1) is 13.2. The fourth-order valence-corrected chi connectivity index (χ4v) is 1.95. The molecule has 100 valence electrons. The third-order valence-corrected chi connectivity index (χ3v) is 2.90. The van der Waals surface area contributed by atoms with Crippen LogP contribution in [0.25, 0.3) is 0 Å². The molecule has 0 unspecified atom stereocenters. The molecule has 0 aliphatic carbocycles. The van der Waals surface area contributed by atoms with Crippen LogP contribution in [0, 0.1) is 0 Å². The molecule has 2 aromatic rings. The van der Waals surface area contributed by atoms with E-state index in [1.807, 2.05) is 38.4 Å². The average Bonchev–Trinajstić information content (AvgIpc) is 2.45. The van der Waals surface area contributed by atoms with Gasteiger partial charge < -0.3 is 15.0 Å². The number of rotatable bonds is 5. The number of hydrogen-bond acceptors (Lipinski definition) is 4. The summed E-state index contributed by atoms with van der Waals surface area (Å²) in [5.41, 5.74) is 3.29. The zero-order valence-electron chi connectivity index (χ0n) is 11.6. The number of ether oxygens (including phenoxy) is 1. The minimum absolute atomic E-state index is 0.664. The third kappa shape index (κ3) is 3.16. The van der Waals surface area contributed by atoms with Crippen LogP contribution in [0.4, 0.5) is 11.4 Å². The molecule has 4 heteroatoms. The van der Waals surface area contributed by atoms with Crippen molar-refractivity contribution in [3.63, 3.8) is 0 Å². The molecule has 0 spiro atoms. The first-order chi connectivity index (χ1) is 9.22. The van der Waals surface area contributed by atoms with Crippen LogP contribution < -0.4 is 15.0 Å². The molecule has 0 saturated heterocycles. The van der Waals surface area contributed by atoms with Crippen LogP contribution in [0.3, 0.4) is 0 Å². The molecule has 1 aromatic heterocycles. The molecular weight excluding hydrogens is 238 g/mol. The van der Waals surface area contributed by atoms with Gasteiger partial charge in [-0.1, -0.05) is 18.2 Å². The zero-order valence-corrected chi connectivity index (χ0v) is 11.6. The molecule has 2 rings (SSSR count). The third-order valence-electron chi connectivity index (χ3n) is 2.90. The largest absolute Gasteiger partial charge is 0.481 e. The van der Waals surface area contributed by atoms with Gasteiger partial charge in [0.15, 0.2) is 0 Å². The van der Waals surface area contributed by atoms with Crippen LogP contribution in [0.15, 0.2) is 42.6 Å². The normalized spacial score (nSPS) is 10.1. The number of aromatic nitrogens is 1. The summed E-state index contributed by atoms with van der Waals surface area (Å²) in [6.45, 7) is 0.682. The summed E-state index contributed by atoms with van der Waals surface area (Å²) in [6.07, 6.45) is 1.73. The summed E-state index contributed by atoms with van der Waals surface area (Å²) >= 11 is 0. The summed E-state index contributed by atoms with van der Waals surface area (Å²) in [4.78, 5) is 6.28. The predicted molar refractivity (Wildman–Crippen MR) is 78.9 cm³/mol. The van der Waals surface area contributed by atoms with Gasteiger partial charge >= 0.3 is 0 Å². The van der Waals surface area contributed by atoms with Gasteiger partial charge in [0.25, 0.3) is 0 Å². The van der Waals surface area contributed by atoms with E-state index in [0.717, 1.165) is 16.9 Å². The van der Waals surface area contributed by atoms with E-state index in [9.17, 15) is 0 Å². The van der Waals surface area contributed by atoms with E-state index < -0.39 is 0 Å². The monoisotopic (exact) mass is 257 g/mol. The summed E-state index contributed by atoms with van der Waals surface area (Å²) < 4.78 is 5.25. The molecule has 1 N–H and O–H groups in total. The second-order valence-corrected chi connectivity index (χ2v) is 4.44. The zero-order chi connectivity index (χ0) is 13.7. The van der Waals surface area contributed by atoms with Gasteiger partial charge in [0.1, 0.15) is 0 Å². The molecular formula is C15H19N3O. The fourth-order valence-electron chi connectivity index (χ4n) is 1.95. The Morgan fingerprint density at radius 3 is 2.68 bits per heavy atom. The van der Waals surface area contributed by atoms with Crippen molar-refractivity contribution in [1.29, 1.82) is 0 Å². The maximum atomic E-state index is 5.25. The summed E-state index contributed by atoms with van der Waals surface area (Å²) in [6, 6.07) is 12.1. The Hall–Kier alpha value is -2.23. The summed E-state index contributed by atoms with van der Waals surface area (Å²) in [5.74, 6) is 0.664. The van der Waals surface area contributed by atoms with E-state index in [-0.39, 0.29) is 0 Å². The standard InChI is InChI=1S/C15H19N3O/c1-18(2)14-9-5-4-8-13(14)17-11-12-7-6-10-16-15(12)19-3/h4-10,17H,11H2,1-3H3. The van der Waals surface area contributed by atoms with Crippen molar-refractivity contribution in [2.24, 2.45) is 0 Å². The predicted octanol–water partition coefficient (Wildman–Crippen LogP) is 2.77. The molecule has 0 fully saturated rings. The Morgan fingerprint density at radius 2 is 1.95 bits per heavy atom. The van der Waals surface area contributed by atoms with Crippen molar-refractivity contribution in [2.75, 3.05) is 31.4 Å². The Bertz CT molecular complexity index is 540. The van der Waals surface area contributed by atoms with Crippen LogP contribution in [0.2, 0.25) is 0 Å². The SMILES string of the molecule is COc1ncccc1CNc1ccccc1N(C)C. The minimum Gasteiger partial charge on any atom is -0.481 e. The number of nitrogens with zero attached hydrogens (tertiary/aromatic N) is 2. The molecule has 1 aromatic carbocycles. The van der Waals surface area contributed by atoms with E-state index in [0.29, 0.717) is 12.4 Å². The van der Waals surface area contributed by atoms with Gasteiger partial charge in [0.05, 0.1) is 18.5 Å². The smallest absolute Gasteiger partial charge is 0.218 e. The Morgan fingerprint density at radius 1 is 1.16 bits per heavy atom. The van der Waals surface area contributed by atoms with Gasteiger partial charge in [0.2, 0.25) is 5.88 Å². The highest BCUT2D eigenvalue weighted by atomic mass is 16.5. The number of nitrogens with one attached hydrogen (secondary N) is 1. The Labute approximate surface area is 114 Å². The summed E-state index contributed by atoms with van der Waals surface area (Å²) in [5, 5.41) is 3.42. The van der Waals surface area contributed by atoms with E-state index in [2.05, 4.69) is 27.3 Å². The van der Waals surface area contributed by atoms with E-state index in [1.54, 1.807) is 13.3 Å². The summed E-state index contributed by atoms with van der Waals surface area (Å²) in [7, 11) is 5.70. The van der Waals surface area contributed by atoms with Crippen molar-refractivity contribution in [1.82, 2.24) is 4.98 Å². The molecule has 0 amide bonds. The van der Waals surface area contributed by atoms with Gasteiger partial charge in [0, 0.05) is 32.4 Å². The second-order valence-electron chi connectivity index (χ2n) is 4.44. The van der Waals surface area contributed by atoms with Crippen LogP contribution in [0.1, 0.15) is 5.56 Å². The minimum atomic E-state index is 0.664. The lowest BCUT2D eigenvalue weighted by Gasteiger charge is -2.18. The lowest BCUT2D eigenvalue weighted by molar-refractivity contribution is 0.393. The van der Waals surface area contributed by atoms with Gasteiger partial charge in [-0.3, -0.25) is 0 Å². The van der Waals surface area contributed by atoms with E-state index in [4.69, 9.17) is 4.74 Å². The quantitative estimate of drug-likeness (QED) is 0.893. The van der Waals surface area contributed by atoms with Gasteiger partial charge in [-0.2, -0.15) is 0 Å². The van der Waals surface area contributed by atoms with Gasteiger partial charge in [-0.05, 0) is 18.2 Å². The molecule has 19 heavy (non-hydrogen) atoms. The lowest BCUT2D eigenvalue weighted by atomic mass is 10.2. The molecule has 4 nitrogen and oxygen atoms in total. The molecule has 0 radical (unpaired) electrons. The molecule has 1 heterocycles. The highest BCUT2D eigenvalue weighted by molar-refractivity contribution is 5.69. The highest BCUT2D eigenvalue weighted by Crippen LogP contribution is 2.25. The van der Waals surface area contributed by atoms with Crippen molar-refractivity contribution in [3.8, 4) is 5.88 Å². The molecule has 0 saturated carbocycles. The number of hydrogen-bond donors (Lipinski definition) is 1. The highest BCUT2D eigenvalue weighted by Gasteiger charge is 2.06. The molecule has 0 bridgehead atoms. The maximum absolute atomic E-state index is 5.25. The van der Waals surface area contributed by atoms with Crippen LogP contribution in [0.5, 0.6) is 5.88 Å². The van der Waals surface area contributed by atoms with Gasteiger partial charge in [-0.15, -0.1) is 0 Å². The molecule has 0 aliphatic rings. The number of benzene rings is 1. The first-order valence-electron chi connectivity index (χ1n) is 6.20. The molecule has 0 aliphatic heterocycles. The number of anilines is 2. The van der Waals surface area contributed by atoms with E-state index >= 15 is 0 Å².